The minimum Gasteiger partial charge on any atom is -0.444 e. The molecule has 1 rings (SSSR count). The average Bonchev–Trinajstić information content (AvgIpc) is 2.34. The predicted molar refractivity (Wildman–Crippen MR) is 78.5 cm³/mol. The molecule has 0 aliphatic rings. The number of nitriles is 1. The van der Waals surface area contributed by atoms with E-state index in [0.717, 1.165) is 12.1 Å². The molecule has 23 heavy (non-hydrogen) atoms. The van der Waals surface area contributed by atoms with Gasteiger partial charge in [-0.2, -0.15) is 5.26 Å². The molecule has 124 valence electrons. The van der Waals surface area contributed by atoms with E-state index in [-0.39, 0.29) is 12.0 Å². The highest BCUT2D eigenvalue weighted by Crippen LogP contribution is 2.12. The number of carbonyl (C=O) groups is 2. The third-order valence-electron chi connectivity index (χ3n) is 2.70. The molecule has 1 amide bonds. The molecule has 0 fully saturated rings. The van der Waals surface area contributed by atoms with Crippen LogP contribution in [0.1, 0.15) is 32.8 Å². The van der Waals surface area contributed by atoms with E-state index in [2.05, 4.69) is 5.32 Å². The first-order valence-electron chi connectivity index (χ1n) is 6.95. The van der Waals surface area contributed by atoms with Crippen LogP contribution in [0, 0.1) is 23.0 Å². The number of benzene rings is 1. The molecular formula is C16H18F2N2O3. The number of rotatable bonds is 5. The van der Waals surface area contributed by atoms with E-state index < -0.39 is 41.6 Å². The fourth-order valence-corrected chi connectivity index (χ4v) is 1.86. The summed E-state index contributed by atoms with van der Waals surface area (Å²) in [5.74, 6) is -2.14. The number of ketones is 1. The molecule has 5 nitrogen and oxygen atoms in total. The summed E-state index contributed by atoms with van der Waals surface area (Å²) in [6.45, 7) is 4.96. The van der Waals surface area contributed by atoms with Gasteiger partial charge in [0.05, 0.1) is 18.5 Å². The van der Waals surface area contributed by atoms with Gasteiger partial charge in [-0.25, -0.2) is 13.6 Å². The highest BCUT2D eigenvalue weighted by molar-refractivity contribution is 5.89. The molecule has 0 heterocycles. The lowest BCUT2D eigenvalue weighted by molar-refractivity contribution is -0.120. The van der Waals surface area contributed by atoms with Crippen LogP contribution in [0.2, 0.25) is 0 Å². The number of amides is 1. The van der Waals surface area contributed by atoms with Crippen LogP contribution in [0.15, 0.2) is 18.2 Å². The Morgan fingerprint density at radius 2 is 1.83 bits per heavy atom. The minimum absolute atomic E-state index is 0.144. The standard InChI is InChI=1S/C16H18F2N2O3/c1-16(2,3)23-15(22)20-13(14(21)4-5-19)8-10-6-11(17)9-12(18)7-10/h6-7,9,13H,4,8H2,1-3H3,(H,20,22)/t13-/m0/s1. The first kappa shape index (κ1) is 18.6. The van der Waals surface area contributed by atoms with E-state index in [9.17, 15) is 18.4 Å². The molecule has 0 saturated carbocycles. The van der Waals surface area contributed by atoms with Gasteiger partial charge in [0, 0.05) is 12.5 Å². The van der Waals surface area contributed by atoms with Crippen molar-refractivity contribution in [2.24, 2.45) is 0 Å². The molecule has 0 unspecified atom stereocenters. The first-order valence-corrected chi connectivity index (χ1v) is 6.95. The summed E-state index contributed by atoms with van der Waals surface area (Å²) in [6, 6.07) is 3.41. The maximum absolute atomic E-state index is 13.2. The SMILES string of the molecule is CC(C)(C)OC(=O)N[C@@H](Cc1cc(F)cc(F)c1)C(=O)CC#N. The molecule has 0 saturated heterocycles. The quantitative estimate of drug-likeness (QED) is 0.903. The normalized spacial score (nSPS) is 12.2. The topological polar surface area (TPSA) is 79.2 Å². The largest absolute Gasteiger partial charge is 0.444 e. The van der Waals surface area contributed by atoms with Crippen molar-refractivity contribution in [1.82, 2.24) is 5.32 Å². The second kappa shape index (κ2) is 7.68. The van der Waals surface area contributed by atoms with Gasteiger partial charge in [-0.1, -0.05) is 0 Å². The van der Waals surface area contributed by atoms with Crippen LogP contribution in [0.25, 0.3) is 0 Å². The zero-order valence-corrected chi connectivity index (χ0v) is 13.2. The van der Waals surface area contributed by atoms with Crippen molar-refractivity contribution in [3.8, 4) is 6.07 Å². The van der Waals surface area contributed by atoms with Crippen LogP contribution in [0.3, 0.4) is 0 Å². The molecule has 0 aliphatic carbocycles. The Morgan fingerprint density at radius 3 is 2.30 bits per heavy atom. The van der Waals surface area contributed by atoms with Gasteiger partial charge in [-0.15, -0.1) is 0 Å². The second-order valence-corrected chi connectivity index (χ2v) is 5.98. The molecule has 1 aromatic rings. The Bertz CT molecular complexity index is 613. The van der Waals surface area contributed by atoms with Crippen molar-refractivity contribution in [2.45, 2.75) is 45.3 Å². The van der Waals surface area contributed by atoms with E-state index >= 15 is 0 Å². The number of ether oxygens (including phenoxy) is 1. The number of alkyl carbamates (subject to hydrolysis) is 1. The van der Waals surface area contributed by atoms with E-state index in [4.69, 9.17) is 10.00 Å². The summed E-state index contributed by atoms with van der Waals surface area (Å²) in [5.41, 5.74) is -0.576. The third kappa shape index (κ3) is 6.87. The van der Waals surface area contributed by atoms with Crippen molar-refractivity contribution < 1.29 is 23.1 Å². The lowest BCUT2D eigenvalue weighted by Crippen LogP contribution is -2.44. The fraction of sp³-hybridized carbons (Fsp3) is 0.438. The van der Waals surface area contributed by atoms with Gasteiger partial charge in [0.2, 0.25) is 0 Å². The van der Waals surface area contributed by atoms with Gasteiger partial charge in [0.25, 0.3) is 0 Å². The Kier molecular flexibility index (Phi) is 6.19. The molecule has 0 aromatic heterocycles. The number of halogens is 2. The smallest absolute Gasteiger partial charge is 0.408 e. The van der Waals surface area contributed by atoms with Crippen LogP contribution in [-0.2, 0) is 16.0 Å². The fourth-order valence-electron chi connectivity index (χ4n) is 1.86. The number of carbonyl (C=O) groups excluding carboxylic acids is 2. The van der Waals surface area contributed by atoms with E-state index in [1.807, 2.05) is 0 Å². The van der Waals surface area contributed by atoms with Gasteiger partial charge in [0.15, 0.2) is 5.78 Å². The van der Waals surface area contributed by atoms with E-state index in [0.29, 0.717) is 6.07 Å². The molecule has 0 aliphatic heterocycles. The van der Waals surface area contributed by atoms with Crippen LogP contribution >= 0.6 is 0 Å². The highest BCUT2D eigenvalue weighted by atomic mass is 19.1. The maximum Gasteiger partial charge on any atom is 0.408 e. The summed E-state index contributed by atoms with van der Waals surface area (Å²) in [7, 11) is 0. The number of nitrogens with one attached hydrogen (secondary N) is 1. The lowest BCUT2D eigenvalue weighted by atomic mass is 10.0. The molecule has 0 spiro atoms. The van der Waals surface area contributed by atoms with E-state index in [1.165, 1.54) is 0 Å². The second-order valence-electron chi connectivity index (χ2n) is 5.98. The number of Topliss-reactive ketones (excluding diaryl/α,β-unsaturated/α-hetero) is 1. The number of hydrogen-bond acceptors (Lipinski definition) is 4. The maximum atomic E-state index is 13.2. The van der Waals surface area contributed by atoms with Crippen LogP contribution in [-0.4, -0.2) is 23.5 Å². The molecule has 1 atom stereocenters. The van der Waals surface area contributed by atoms with Crippen molar-refractivity contribution in [1.29, 1.82) is 5.26 Å². The van der Waals surface area contributed by atoms with Gasteiger partial charge in [-0.05, 0) is 38.5 Å². The third-order valence-corrected chi connectivity index (χ3v) is 2.70. The summed E-state index contributed by atoms with van der Waals surface area (Å²) < 4.78 is 31.5. The molecule has 1 N–H and O–H groups in total. The highest BCUT2D eigenvalue weighted by Gasteiger charge is 2.24. The summed E-state index contributed by atoms with van der Waals surface area (Å²) in [6.07, 6.45) is -1.42. The van der Waals surface area contributed by atoms with Gasteiger partial charge < -0.3 is 10.1 Å². The van der Waals surface area contributed by atoms with Crippen molar-refractivity contribution in [2.75, 3.05) is 0 Å². The monoisotopic (exact) mass is 324 g/mol. The lowest BCUT2D eigenvalue weighted by Gasteiger charge is -2.23. The van der Waals surface area contributed by atoms with Gasteiger partial charge in [-0.3, -0.25) is 4.79 Å². The minimum atomic E-state index is -1.11. The predicted octanol–water partition coefficient (Wildman–Crippen LogP) is 2.88. The Balaban J connectivity index is 2.90. The molecule has 1 aromatic carbocycles. The summed E-state index contributed by atoms with van der Waals surface area (Å²) in [5, 5.41) is 11.0. The first-order chi connectivity index (χ1) is 10.6. The van der Waals surface area contributed by atoms with Gasteiger partial charge >= 0.3 is 6.09 Å². The Labute approximate surface area is 133 Å². The van der Waals surface area contributed by atoms with Crippen molar-refractivity contribution in [3.63, 3.8) is 0 Å². The number of nitrogens with zero attached hydrogens (tertiary/aromatic N) is 1. The van der Waals surface area contributed by atoms with Crippen molar-refractivity contribution >= 4 is 11.9 Å². The molecule has 0 radical (unpaired) electrons. The van der Waals surface area contributed by atoms with E-state index in [1.54, 1.807) is 26.8 Å². The number of hydrogen-bond donors (Lipinski definition) is 1. The zero-order chi connectivity index (χ0) is 17.6. The zero-order valence-electron chi connectivity index (χ0n) is 13.2. The van der Waals surface area contributed by atoms with Crippen molar-refractivity contribution in [3.05, 3.63) is 35.4 Å². The van der Waals surface area contributed by atoms with Crippen LogP contribution in [0.4, 0.5) is 13.6 Å². The average molecular weight is 324 g/mol. The van der Waals surface area contributed by atoms with Gasteiger partial charge in [0.1, 0.15) is 17.2 Å². The Morgan fingerprint density at radius 1 is 1.26 bits per heavy atom. The summed E-state index contributed by atoms with van der Waals surface area (Å²) >= 11 is 0. The molecule has 0 bridgehead atoms. The Hall–Kier alpha value is -2.49. The molecular weight excluding hydrogens is 306 g/mol. The van der Waals surface area contributed by atoms with Crippen LogP contribution < -0.4 is 5.32 Å². The molecule has 7 heteroatoms. The summed E-state index contributed by atoms with van der Waals surface area (Å²) in [4.78, 5) is 23.7. The van der Waals surface area contributed by atoms with Crippen LogP contribution in [0.5, 0.6) is 0 Å².